The number of sulfone groups is 1. The molecule has 16 heavy (non-hydrogen) atoms. The monoisotopic (exact) mass is 247 g/mol. The highest BCUT2D eigenvalue weighted by Crippen LogP contribution is 2.16. The fourth-order valence-corrected chi connectivity index (χ4v) is 3.30. The maximum atomic E-state index is 11.4. The summed E-state index contributed by atoms with van der Waals surface area (Å²) >= 11 is 0. The number of carboxylic acids is 1. The Hall–Kier alpha value is -1.37. The molecule has 1 unspecified atom stereocenters. The van der Waals surface area contributed by atoms with Gasteiger partial charge in [0.2, 0.25) is 5.91 Å². The van der Waals surface area contributed by atoms with Gasteiger partial charge in [-0.1, -0.05) is 0 Å². The van der Waals surface area contributed by atoms with Crippen LogP contribution in [0.4, 0.5) is 0 Å². The lowest BCUT2D eigenvalue weighted by Crippen LogP contribution is -2.36. The van der Waals surface area contributed by atoms with Gasteiger partial charge >= 0.3 is 5.97 Å². The number of hydrogen-bond donors (Lipinski definition) is 1. The number of amides is 1. The third-order valence-corrected chi connectivity index (χ3v) is 4.22. The van der Waals surface area contributed by atoms with Gasteiger partial charge < -0.3 is 10.0 Å². The Morgan fingerprint density at radius 2 is 2.00 bits per heavy atom. The molecule has 0 aliphatic carbocycles. The van der Waals surface area contributed by atoms with E-state index in [4.69, 9.17) is 5.11 Å². The average Bonchev–Trinajstić information content (AvgIpc) is 2.54. The van der Waals surface area contributed by atoms with Crippen molar-refractivity contribution in [2.75, 3.05) is 18.6 Å². The van der Waals surface area contributed by atoms with E-state index < -0.39 is 21.7 Å². The molecule has 0 saturated carbocycles. The van der Waals surface area contributed by atoms with Crippen LogP contribution in [0.3, 0.4) is 0 Å². The fraction of sp³-hybridized carbons (Fsp3) is 0.556. The summed E-state index contributed by atoms with van der Waals surface area (Å²) in [5, 5.41) is 8.34. The van der Waals surface area contributed by atoms with Gasteiger partial charge in [0, 0.05) is 25.2 Å². The lowest BCUT2D eigenvalue weighted by molar-refractivity contribution is -0.132. The van der Waals surface area contributed by atoms with Crippen LogP contribution in [-0.4, -0.2) is 54.9 Å². The zero-order valence-electron chi connectivity index (χ0n) is 8.79. The Kier molecular flexibility index (Phi) is 3.69. The zero-order chi connectivity index (χ0) is 12.3. The topological polar surface area (TPSA) is 91.8 Å². The minimum Gasteiger partial charge on any atom is -0.478 e. The van der Waals surface area contributed by atoms with Crippen LogP contribution >= 0.6 is 0 Å². The molecule has 1 saturated heterocycles. The van der Waals surface area contributed by atoms with E-state index in [1.807, 2.05) is 0 Å². The van der Waals surface area contributed by atoms with Crippen molar-refractivity contribution in [2.45, 2.75) is 12.5 Å². The number of carboxylic acid groups (broad SMARTS) is 1. The van der Waals surface area contributed by atoms with E-state index in [2.05, 4.69) is 0 Å². The second-order valence-electron chi connectivity index (χ2n) is 3.68. The average molecular weight is 247 g/mol. The Morgan fingerprint density at radius 1 is 1.38 bits per heavy atom. The van der Waals surface area contributed by atoms with Gasteiger partial charge in [0.1, 0.15) is 0 Å². The lowest BCUT2D eigenvalue weighted by Gasteiger charge is -2.21. The summed E-state index contributed by atoms with van der Waals surface area (Å²) in [5.74, 6) is -1.67. The van der Waals surface area contributed by atoms with Crippen LogP contribution in [0.15, 0.2) is 12.2 Å². The summed E-state index contributed by atoms with van der Waals surface area (Å²) in [5.41, 5.74) is 0. The first-order valence-corrected chi connectivity index (χ1v) is 6.52. The van der Waals surface area contributed by atoms with E-state index in [-0.39, 0.29) is 17.5 Å². The highest BCUT2D eigenvalue weighted by molar-refractivity contribution is 7.91. The van der Waals surface area contributed by atoms with E-state index >= 15 is 0 Å². The first-order chi connectivity index (χ1) is 7.32. The van der Waals surface area contributed by atoms with Crippen molar-refractivity contribution in [1.82, 2.24) is 4.90 Å². The van der Waals surface area contributed by atoms with Crippen molar-refractivity contribution in [1.29, 1.82) is 0 Å². The van der Waals surface area contributed by atoms with E-state index in [9.17, 15) is 18.0 Å². The van der Waals surface area contributed by atoms with Crippen molar-refractivity contribution < 1.29 is 23.1 Å². The van der Waals surface area contributed by atoms with Crippen LogP contribution in [-0.2, 0) is 19.4 Å². The Bertz CT molecular complexity index is 425. The second kappa shape index (κ2) is 4.65. The van der Waals surface area contributed by atoms with Crippen LogP contribution in [0, 0.1) is 0 Å². The van der Waals surface area contributed by atoms with Gasteiger partial charge in [-0.25, -0.2) is 13.2 Å². The Balaban J connectivity index is 2.62. The number of carbonyl (C=O) groups excluding carboxylic acids is 1. The molecular weight excluding hydrogens is 234 g/mol. The second-order valence-corrected chi connectivity index (χ2v) is 5.91. The predicted octanol–water partition coefficient (Wildman–Crippen LogP) is -0.727. The largest absolute Gasteiger partial charge is 0.478 e. The summed E-state index contributed by atoms with van der Waals surface area (Å²) in [6, 6.07) is -0.351. The minimum absolute atomic E-state index is 0.0455. The predicted molar refractivity (Wildman–Crippen MR) is 56.6 cm³/mol. The summed E-state index contributed by atoms with van der Waals surface area (Å²) < 4.78 is 22.4. The van der Waals surface area contributed by atoms with Gasteiger partial charge in [-0.2, -0.15) is 0 Å². The molecule has 90 valence electrons. The molecule has 6 nitrogen and oxygen atoms in total. The van der Waals surface area contributed by atoms with Gasteiger partial charge in [0.15, 0.2) is 9.84 Å². The number of aliphatic carboxylic acids is 1. The summed E-state index contributed by atoms with van der Waals surface area (Å²) in [6.07, 6.45) is 2.07. The van der Waals surface area contributed by atoms with Gasteiger partial charge in [-0.15, -0.1) is 0 Å². The van der Waals surface area contributed by atoms with Crippen LogP contribution in [0.2, 0.25) is 0 Å². The quantitative estimate of drug-likeness (QED) is 0.664. The molecule has 1 amide bonds. The number of nitrogens with zero attached hydrogens (tertiary/aromatic N) is 1. The molecule has 1 fully saturated rings. The standard InChI is InChI=1S/C9H13NO5S/c1-10(8(11)2-3-9(12)13)7-4-5-16(14,15)6-7/h2-3,7H,4-6H2,1H3,(H,12,13)/b3-2+. The SMILES string of the molecule is CN(C(=O)/C=C/C(=O)O)C1CCS(=O)(=O)C1. The molecule has 0 spiro atoms. The molecule has 0 aromatic carbocycles. The van der Waals surface area contributed by atoms with Crippen molar-refractivity contribution in [3.05, 3.63) is 12.2 Å². The third-order valence-electron chi connectivity index (χ3n) is 2.47. The molecule has 0 aromatic rings. The number of carbonyl (C=O) groups is 2. The first kappa shape index (κ1) is 12.7. The molecule has 1 rings (SSSR count). The Morgan fingerprint density at radius 3 is 2.44 bits per heavy atom. The van der Waals surface area contributed by atoms with Gasteiger partial charge in [-0.3, -0.25) is 4.79 Å². The summed E-state index contributed by atoms with van der Waals surface area (Å²) in [6.45, 7) is 0. The van der Waals surface area contributed by atoms with Crippen LogP contribution in [0.5, 0.6) is 0 Å². The fourth-order valence-electron chi connectivity index (χ4n) is 1.52. The van der Waals surface area contributed by atoms with Crippen LogP contribution in [0.25, 0.3) is 0 Å². The summed E-state index contributed by atoms with van der Waals surface area (Å²) in [4.78, 5) is 22.9. The highest BCUT2D eigenvalue weighted by Gasteiger charge is 2.31. The first-order valence-electron chi connectivity index (χ1n) is 4.70. The van der Waals surface area contributed by atoms with E-state index in [1.165, 1.54) is 11.9 Å². The van der Waals surface area contributed by atoms with Crippen LogP contribution < -0.4 is 0 Å². The van der Waals surface area contributed by atoms with E-state index in [0.717, 1.165) is 12.2 Å². The normalized spacial score (nSPS) is 23.4. The van der Waals surface area contributed by atoms with Crippen molar-refractivity contribution >= 4 is 21.7 Å². The summed E-state index contributed by atoms with van der Waals surface area (Å²) in [7, 11) is -1.57. The molecule has 1 heterocycles. The maximum Gasteiger partial charge on any atom is 0.328 e. The number of hydrogen-bond acceptors (Lipinski definition) is 4. The van der Waals surface area contributed by atoms with E-state index in [1.54, 1.807) is 0 Å². The molecule has 1 N–H and O–H groups in total. The van der Waals surface area contributed by atoms with Gasteiger partial charge in [0.25, 0.3) is 0 Å². The maximum absolute atomic E-state index is 11.4. The molecule has 0 bridgehead atoms. The van der Waals surface area contributed by atoms with Crippen molar-refractivity contribution in [2.24, 2.45) is 0 Å². The number of likely N-dealkylation sites (N-methyl/N-ethyl adjacent to an activating group) is 1. The molecule has 7 heteroatoms. The molecule has 1 aliphatic rings. The van der Waals surface area contributed by atoms with Crippen LogP contribution in [0.1, 0.15) is 6.42 Å². The number of rotatable bonds is 3. The highest BCUT2D eigenvalue weighted by atomic mass is 32.2. The third kappa shape index (κ3) is 3.34. The van der Waals surface area contributed by atoms with Crippen molar-refractivity contribution in [3.63, 3.8) is 0 Å². The molecule has 0 aromatic heterocycles. The minimum atomic E-state index is -3.04. The molecule has 0 radical (unpaired) electrons. The smallest absolute Gasteiger partial charge is 0.328 e. The van der Waals surface area contributed by atoms with Gasteiger partial charge in [-0.05, 0) is 6.42 Å². The van der Waals surface area contributed by atoms with Gasteiger partial charge in [0.05, 0.1) is 11.5 Å². The zero-order valence-corrected chi connectivity index (χ0v) is 9.61. The molecular formula is C9H13NO5S. The molecule has 1 atom stereocenters. The van der Waals surface area contributed by atoms with Crippen molar-refractivity contribution in [3.8, 4) is 0 Å². The van der Waals surface area contributed by atoms with E-state index in [0.29, 0.717) is 6.42 Å². The lowest BCUT2D eigenvalue weighted by atomic mass is 10.2. The molecule has 1 aliphatic heterocycles. The Labute approximate surface area is 93.5 Å².